The van der Waals surface area contributed by atoms with Crippen molar-refractivity contribution in [2.75, 3.05) is 60.4 Å². The topological polar surface area (TPSA) is 177 Å². The van der Waals surface area contributed by atoms with Gasteiger partial charge < -0.3 is 40.7 Å². The van der Waals surface area contributed by atoms with Crippen molar-refractivity contribution in [1.82, 2.24) is 9.80 Å². The second kappa shape index (κ2) is 11.3. The van der Waals surface area contributed by atoms with Crippen molar-refractivity contribution < 1.29 is 39.5 Å². The lowest BCUT2D eigenvalue weighted by Crippen LogP contribution is -2.63. The van der Waals surface area contributed by atoms with E-state index >= 15 is 0 Å². The highest BCUT2D eigenvalue weighted by Crippen LogP contribution is 2.53. The Hall–Kier alpha value is -3.45. The van der Waals surface area contributed by atoms with Gasteiger partial charge in [-0.2, -0.15) is 0 Å². The minimum absolute atomic E-state index is 0.00956. The Balaban J connectivity index is 1.87. The average molecular weight is 587 g/mol. The third-order valence-corrected chi connectivity index (χ3v) is 8.77. The normalized spacial score (nSPS) is 26.4. The molecular weight excluding hydrogens is 544 g/mol. The van der Waals surface area contributed by atoms with Crippen LogP contribution < -0.4 is 10.6 Å². The predicted molar refractivity (Wildman–Crippen MR) is 155 cm³/mol. The van der Waals surface area contributed by atoms with Gasteiger partial charge >= 0.3 is 0 Å². The van der Waals surface area contributed by atoms with E-state index in [2.05, 4.69) is 0 Å². The van der Waals surface area contributed by atoms with Gasteiger partial charge in [0.25, 0.3) is 5.91 Å². The van der Waals surface area contributed by atoms with Crippen LogP contribution >= 0.6 is 0 Å². The van der Waals surface area contributed by atoms with Gasteiger partial charge in [0.2, 0.25) is 5.78 Å². The van der Waals surface area contributed by atoms with Gasteiger partial charge in [0.1, 0.15) is 22.8 Å². The third-order valence-electron chi connectivity index (χ3n) is 8.77. The number of likely N-dealkylation sites (N-methyl/N-ethyl adjacent to an activating group) is 1. The molecular formula is C30H42N4O8. The first-order valence-corrected chi connectivity index (χ1v) is 13.9. The number of aliphatic hydroxyl groups excluding tert-OH is 2. The summed E-state index contributed by atoms with van der Waals surface area (Å²) in [5, 5.41) is 45.7. The molecule has 3 aliphatic rings. The summed E-state index contributed by atoms with van der Waals surface area (Å²) in [5.41, 5.74) is 3.58. The molecule has 12 heteroatoms. The number of aromatic hydroxyl groups is 1. The quantitative estimate of drug-likeness (QED) is 0.260. The number of anilines is 1. The lowest BCUT2D eigenvalue weighted by Gasteiger charge is -2.50. The molecule has 0 saturated heterocycles. The van der Waals surface area contributed by atoms with Crippen molar-refractivity contribution in [1.29, 1.82) is 0 Å². The van der Waals surface area contributed by atoms with E-state index in [0.717, 1.165) is 5.69 Å². The number of phenolic OH excluding ortho intramolecular Hbond substituents is 1. The Morgan fingerprint density at radius 1 is 1.17 bits per heavy atom. The Labute approximate surface area is 245 Å². The van der Waals surface area contributed by atoms with Gasteiger partial charge in [0.15, 0.2) is 11.4 Å². The molecule has 230 valence electrons. The van der Waals surface area contributed by atoms with Crippen LogP contribution in [0, 0.1) is 17.8 Å². The van der Waals surface area contributed by atoms with Gasteiger partial charge in [-0.3, -0.25) is 19.3 Å². The molecule has 1 amide bonds. The molecule has 5 atom stereocenters. The number of ketones is 2. The summed E-state index contributed by atoms with van der Waals surface area (Å²) < 4.78 is 5.23. The summed E-state index contributed by atoms with van der Waals surface area (Å²) in [6.07, 6.45) is 0.276. The second-order valence-electron chi connectivity index (χ2n) is 12.4. The van der Waals surface area contributed by atoms with Crippen LogP contribution in [0.25, 0.3) is 0 Å². The first-order chi connectivity index (χ1) is 19.6. The molecule has 0 saturated carbocycles. The molecule has 0 bridgehead atoms. The number of fused-ring (bicyclic) bond motifs is 3. The lowest BCUT2D eigenvalue weighted by molar-refractivity contribution is -0.148. The zero-order valence-electron chi connectivity index (χ0n) is 25.3. The van der Waals surface area contributed by atoms with E-state index in [1.54, 1.807) is 21.2 Å². The van der Waals surface area contributed by atoms with Crippen LogP contribution in [0.3, 0.4) is 0 Å². The van der Waals surface area contributed by atoms with E-state index in [1.807, 2.05) is 43.9 Å². The van der Waals surface area contributed by atoms with Crippen molar-refractivity contribution in [3.63, 3.8) is 0 Å². The van der Waals surface area contributed by atoms with Crippen LogP contribution in [-0.4, -0.2) is 115 Å². The summed E-state index contributed by atoms with van der Waals surface area (Å²) in [6, 6.07) is 0.822. The van der Waals surface area contributed by atoms with Crippen molar-refractivity contribution >= 4 is 23.2 Å². The van der Waals surface area contributed by atoms with Crippen LogP contribution in [0.2, 0.25) is 0 Å². The number of phenols is 1. The fraction of sp³-hybridized carbons (Fsp3) is 0.567. The zero-order chi connectivity index (χ0) is 31.4. The van der Waals surface area contributed by atoms with Crippen LogP contribution in [0.4, 0.5) is 5.69 Å². The van der Waals surface area contributed by atoms with E-state index < -0.39 is 58.0 Å². The summed E-state index contributed by atoms with van der Waals surface area (Å²) in [6.45, 7) is 3.62. The van der Waals surface area contributed by atoms with Gasteiger partial charge in [-0.15, -0.1) is 0 Å². The number of hydrogen-bond donors (Lipinski definition) is 5. The van der Waals surface area contributed by atoms with Crippen molar-refractivity contribution in [3.8, 4) is 5.75 Å². The fourth-order valence-corrected chi connectivity index (χ4v) is 7.10. The molecule has 4 rings (SSSR count). The number of benzene rings is 1. The van der Waals surface area contributed by atoms with Gasteiger partial charge in [-0.1, -0.05) is 6.92 Å². The summed E-state index contributed by atoms with van der Waals surface area (Å²) in [7, 11) is 10.4. The van der Waals surface area contributed by atoms with E-state index in [9.17, 15) is 34.8 Å². The monoisotopic (exact) mass is 586 g/mol. The average Bonchev–Trinajstić information content (AvgIpc) is 2.87. The number of rotatable bonds is 9. The highest BCUT2D eigenvalue weighted by atomic mass is 16.5. The molecule has 0 aromatic heterocycles. The number of carbonyl (C=O) groups is 3. The number of aliphatic hydroxyl groups is 3. The van der Waals surface area contributed by atoms with E-state index in [1.165, 1.54) is 4.90 Å². The largest absolute Gasteiger partial charge is 0.510 e. The van der Waals surface area contributed by atoms with Gasteiger partial charge in [-0.25, -0.2) is 0 Å². The summed E-state index contributed by atoms with van der Waals surface area (Å²) >= 11 is 0. The van der Waals surface area contributed by atoms with Gasteiger partial charge in [0.05, 0.1) is 11.6 Å². The third kappa shape index (κ3) is 4.85. The highest BCUT2D eigenvalue weighted by Gasteiger charge is 2.63. The van der Waals surface area contributed by atoms with Crippen molar-refractivity contribution in [2.45, 2.75) is 38.0 Å². The smallest absolute Gasteiger partial charge is 0.255 e. The molecule has 0 heterocycles. The number of amides is 1. The molecule has 3 aliphatic carbocycles. The number of methoxy groups -OCH3 is 1. The SMILES string of the molecule is COCC(C)CN(C)Cc1cc(N(C)C)c2c(c1O)C(=O)C1=C(O)[C@]3(O)C(=O)C(C(N)=O)=C(O)[C@@H](N(C)C)[C@@H]3C[C@@H]1C2. The molecule has 0 fully saturated rings. The van der Waals surface area contributed by atoms with Crippen LogP contribution in [0.1, 0.15) is 34.8 Å². The summed E-state index contributed by atoms with van der Waals surface area (Å²) in [5.74, 6) is -6.36. The standard InChI is InChI=1S/C30H42N4O8/c1-14(13-42-7)11-34(6)12-16-10-19(32(2)3)17-8-15-9-18-23(33(4)5)26(37)22(29(31)40)28(39)30(18,41)27(38)20(15)25(36)21(17)24(16)35/h10,14-15,18,23,35,37-38,41H,8-9,11-13H2,1-7H3,(H2,31,40)/t14?,15-,18-,23-,30-/m0/s1. The molecule has 12 nitrogen and oxygen atoms in total. The van der Waals surface area contributed by atoms with Crippen LogP contribution in [-0.2, 0) is 27.3 Å². The van der Waals surface area contributed by atoms with E-state index in [-0.39, 0.29) is 35.6 Å². The summed E-state index contributed by atoms with van der Waals surface area (Å²) in [4.78, 5) is 45.3. The molecule has 1 aromatic rings. The number of nitrogens with zero attached hydrogens (tertiary/aromatic N) is 3. The first-order valence-electron chi connectivity index (χ1n) is 13.9. The molecule has 42 heavy (non-hydrogen) atoms. The maximum absolute atomic E-state index is 14.2. The highest BCUT2D eigenvalue weighted by molar-refractivity contribution is 6.24. The minimum atomic E-state index is -2.67. The Morgan fingerprint density at radius 3 is 2.36 bits per heavy atom. The molecule has 0 aliphatic heterocycles. The lowest BCUT2D eigenvalue weighted by atomic mass is 9.58. The fourth-order valence-electron chi connectivity index (χ4n) is 7.10. The molecule has 0 radical (unpaired) electrons. The second-order valence-corrected chi connectivity index (χ2v) is 12.4. The number of carbonyl (C=O) groups excluding carboxylic acids is 3. The first kappa shape index (κ1) is 31.5. The molecule has 6 N–H and O–H groups in total. The molecule has 1 unspecified atom stereocenters. The van der Waals surface area contributed by atoms with Crippen molar-refractivity contribution in [3.05, 3.63) is 45.4 Å². The Kier molecular flexibility index (Phi) is 8.49. The molecule has 0 spiro atoms. The van der Waals surface area contributed by atoms with Gasteiger partial charge in [0, 0.05) is 63.6 Å². The number of hydrogen-bond acceptors (Lipinski definition) is 11. The van der Waals surface area contributed by atoms with Crippen molar-refractivity contribution in [2.24, 2.45) is 23.5 Å². The van der Waals surface area contributed by atoms with Crippen LogP contribution in [0.5, 0.6) is 5.75 Å². The van der Waals surface area contributed by atoms with E-state index in [4.69, 9.17) is 10.5 Å². The number of ether oxygens (including phenoxy) is 1. The Bertz CT molecular complexity index is 1380. The van der Waals surface area contributed by atoms with Gasteiger partial charge in [-0.05, 0) is 57.5 Å². The number of nitrogens with two attached hydrogens (primary N) is 1. The zero-order valence-corrected chi connectivity index (χ0v) is 25.3. The maximum Gasteiger partial charge on any atom is 0.255 e. The van der Waals surface area contributed by atoms with E-state index in [0.29, 0.717) is 30.8 Å². The maximum atomic E-state index is 14.2. The number of allylic oxidation sites excluding steroid dienone is 1. The minimum Gasteiger partial charge on any atom is -0.510 e. The molecule has 1 aromatic carbocycles. The number of primary amides is 1. The number of Topliss-reactive ketones (excluding diaryl/α,β-unsaturated/α-hetero) is 2. The predicted octanol–water partition coefficient (Wildman–Crippen LogP) is 0.901. The Morgan fingerprint density at radius 2 is 1.81 bits per heavy atom. The van der Waals surface area contributed by atoms with Crippen LogP contribution in [0.15, 0.2) is 28.7 Å².